The standard InChI is InChI=1S/C8H11BrN2/c1-11(6-10)8-5-3-2-4-7(8)9/h2-5H,6,10H2,1H3. The lowest BCUT2D eigenvalue weighted by Gasteiger charge is -2.17. The van der Waals surface area contributed by atoms with E-state index in [1.165, 1.54) is 0 Å². The quantitative estimate of drug-likeness (QED) is 0.762. The molecule has 1 aromatic carbocycles. The molecule has 0 fully saturated rings. The Hall–Kier alpha value is -0.540. The van der Waals surface area contributed by atoms with Gasteiger partial charge in [0.2, 0.25) is 0 Å². The molecular weight excluding hydrogens is 204 g/mol. The molecule has 11 heavy (non-hydrogen) atoms. The molecule has 0 saturated carbocycles. The molecule has 1 rings (SSSR count). The summed E-state index contributed by atoms with van der Waals surface area (Å²) in [6.07, 6.45) is 0. The van der Waals surface area contributed by atoms with Gasteiger partial charge in [-0.15, -0.1) is 0 Å². The van der Waals surface area contributed by atoms with E-state index < -0.39 is 0 Å². The van der Waals surface area contributed by atoms with Crippen LogP contribution in [0.4, 0.5) is 5.69 Å². The summed E-state index contributed by atoms with van der Waals surface area (Å²) in [5.74, 6) is 0. The van der Waals surface area contributed by atoms with Crippen molar-refractivity contribution in [3.8, 4) is 0 Å². The van der Waals surface area contributed by atoms with Crippen LogP contribution in [0.5, 0.6) is 0 Å². The van der Waals surface area contributed by atoms with Gasteiger partial charge in [-0.1, -0.05) is 12.1 Å². The molecule has 0 spiro atoms. The van der Waals surface area contributed by atoms with E-state index >= 15 is 0 Å². The van der Waals surface area contributed by atoms with Crippen molar-refractivity contribution >= 4 is 21.6 Å². The number of rotatable bonds is 2. The molecular formula is C8H11BrN2. The second-order valence-corrected chi connectivity index (χ2v) is 3.19. The van der Waals surface area contributed by atoms with Crippen LogP contribution in [0.2, 0.25) is 0 Å². The van der Waals surface area contributed by atoms with Crippen LogP contribution < -0.4 is 10.6 Å². The smallest absolute Gasteiger partial charge is 0.0654 e. The Morgan fingerprint density at radius 3 is 2.64 bits per heavy atom. The number of nitrogens with zero attached hydrogens (tertiary/aromatic N) is 1. The first kappa shape index (κ1) is 8.56. The maximum Gasteiger partial charge on any atom is 0.0654 e. The van der Waals surface area contributed by atoms with Gasteiger partial charge in [-0.05, 0) is 28.1 Å². The van der Waals surface area contributed by atoms with Crippen molar-refractivity contribution in [3.63, 3.8) is 0 Å². The van der Waals surface area contributed by atoms with Crippen LogP contribution in [-0.4, -0.2) is 13.7 Å². The highest BCUT2D eigenvalue weighted by molar-refractivity contribution is 9.10. The van der Waals surface area contributed by atoms with E-state index in [-0.39, 0.29) is 0 Å². The first-order valence-corrected chi connectivity index (χ1v) is 4.20. The van der Waals surface area contributed by atoms with Crippen molar-refractivity contribution in [3.05, 3.63) is 28.7 Å². The summed E-state index contributed by atoms with van der Waals surface area (Å²) in [5, 5.41) is 0. The number of anilines is 1. The Morgan fingerprint density at radius 2 is 2.09 bits per heavy atom. The minimum absolute atomic E-state index is 0.530. The molecule has 1 aromatic rings. The van der Waals surface area contributed by atoms with Crippen molar-refractivity contribution in [1.29, 1.82) is 0 Å². The fraction of sp³-hybridized carbons (Fsp3) is 0.250. The van der Waals surface area contributed by atoms with E-state index in [9.17, 15) is 0 Å². The van der Waals surface area contributed by atoms with Gasteiger partial charge in [-0.2, -0.15) is 0 Å². The van der Waals surface area contributed by atoms with Crippen LogP contribution in [0.25, 0.3) is 0 Å². The summed E-state index contributed by atoms with van der Waals surface area (Å²) in [7, 11) is 1.96. The number of hydrogen-bond donors (Lipinski definition) is 1. The number of hydrogen-bond acceptors (Lipinski definition) is 2. The lowest BCUT2D eigenvalue weighted by molar-refractivity contribution is 0.930. The minimum Gasteiger partial charge on any atom is -0.361 e. The molecule has 60 valence electrons. The Balaban J connectivity index is 2.93. The number of para-hydroxylation sites is 1. The fourth-order valence-electron chi connectivity index (χ4n) is 0.860. The minimum atomic E-state index is 0.530. The van der Waals surface area contributed by atoms with Crippen LogP contribution in [0, 0.1) is 0 Å². The van der Waals surface area contributed by atoms with Gasteiger partial charge in [0.15, 0.2) is 0 Å². The summed E-state index contributed by atoms with van der Waals surface area (Å²) in [4.78, 5) is 1.98. The summed E-state index contributed by atoms with van der Waals surface area (Å²) in [6, 6.07) is 8.00. The third-order valence-corrected chi connectivity index (χ3v) is 2.21. The van der Waals surface area contributed by atoms with Crippen molar-refractivity contribution in [2.45, 2.75) is 0 Å². The molecule has 0 heterocycles. The molecule has 0 aromatic heterocycles. The van der Waals surface area contributed by atoms with Gasteiger partial charge in [0.1, 0.15) is 0 Å². The lowest BCUT2D eigenvalue weighted by Crippen LogP contribution is -2.25. The average molecular weight is 215 g/mol. The predicted octanol–water partition coefficient (Wildman–Crippen LogP) is 1.80. The van der Waals surface area contributed by atoms with E-state index in [0.29, 0.717) is 6.67 Å². The lowest BCUT2D eigenvalue weighted by atomic mass is 10.3. The first-order chi connectivity index (χ1) is 5.25. The summed E-state index contributed by atoms with van der Waals surface area (Å²) < 4.78 is 1.08. The Morgan fingerprint density at radius 1 is 1.45 bits per heavy atom. The van der Waals surface area contributed by atoms with E-state index in [0.717, 1.165) is 10.2 Å². The average Bonchev–Trinajstić information content (AvgIpc) is 2.04. The highest BCUT2D eigenvalue weighted by Crippen LogP contribution is 2.23. The largest absolute Gasteiger partial charge is 0.361 e. The van der Waals surface area contributed by atoms with Crippen molar-refractivity contribution in [1.82, 2.24) is 0 Å². The molecule has 0 amide bonds. The number of benzene rings is 1. The topological polar surface area (TPSA) is 29.3 Å². The van der Waals surface area contributed by atoms with Crippen LogP contribution in [0.1, 0.15) is 0 Å². The van der Waals surface area contributed by atoms with Gasteiger partial charge in [0, 0.05) is 11.5 Å². The number of nitrogens with two attached hydrogens (primary N) is 1. The van der Waals surface area contributed by atoms with Gasteiger partial charge >= 0.3 is 0 Å². The van der Waals surface area contributed by atoms with Crippen molar-refractivity contribution in [2.24, 2.45) is 5.73 Å². The SMILES string of the molecule is CN(CN)c1ccccc1Br. The Kier molecular flexibility index (Phi) is 2.91. The monoisotopic (exact) mass is 214 g/mol. The maximum atomic E-state index is 5.48. The molecule has 0 saturated heterocycles. The molecule has 0 bridgehead atoms. The van der Waals surface area contributed by atoms with Gasteiger partial charge < -0.3 is 10.6 Å². The molecule has 0 aliphatic heterocycles. The molecule has 2 nitrogen and oxygen atoms in total. The third-order valence-electron chi connectivity index (χ3n) is 1.54. The first-order valence-electron chi connectivity index (χ1n) is 3.41. The predicted molar refractivity (Wildman–Crippen MR) is 51.6 cm³/mol. The van der Waals surface area contributed by atoms with E-state index in [4.69, 9.17) is 5.73 Å². The van der Waals surface area contributed by atoms with Crippen LogP contribution >= 0.6 is 15.9 Å². The highest BCUT2D eigenvalue weighted by Gasteiger charge is 2.00. The summed E-state index contributed by atoms with van der Waals surface area (Å²) in [6.45, 7) is 0.530. The zero-order chi connectivity index (χ0) is 8.27. The molecule has 3 heteroatoms. The summed E-state index contributed by atoms with van der Waals surface area (Å²) >= 11 is 3.44. The van der Waals surface area contributed by atoms with Crippen LogP contribution in [0.15, 0.2) is 28.7 Å². The normalized spacial score (nSPS) is 9.73. The van der Waals surface area contributed by atoms with Crippen LogP contribution in [0.3, 0.4) is 0 Å². The molecule has 0 radical (unpaired) electrons. The molecule has 2 N–H and O–H groups in total. The second-order valence-electron chi connectivity index (χ2n) is 2.33. The Labute approximate surface area is 75.1 Å². The van der Waals surface area contributed by atoms with Gasteiger partial charge in [0.05, 0.1) is 12.4 Å². The number of halogens is 1. The van der Waals surface area contributed by atoms with E-state index in [1.807, 2.05) is 36.2 Å². The third kappa shape index (κ3) is 1.94. The zero-order valence-electron chi connectivity index (χ0n) is 6.42. The molecule has 0 atom stereocenters. The van der Waals surface area contributed by atoms with Crippen molar-refractivity contribution in [2.75, 3.05) is 18.6 Å². The van der Waals surface area contributed by atoms with Gasteiger partial charge in [-0.25, -0.2) is 0 Å². The van der Waals surface area contributed by atoms with Gasteiger partial charge in [0.25, 0.3) is 0 Å². The molecule has 0 aliphatic rings. The Bertz CT molecular complexity index is 237. The zero-order valence-corrected chi connectivity index (χ0v) is 8.01. The van der Waals surface area contributed by atoms with Crippen molar-refractivity contribution < 1.29 is 0 Å². The van der Waals surface area contributed by atoms with E-state index in [2.05, 4.69) is 15.9 Å². The van der Waals surface area contributed by atoms with Crippen LogP contribution in [-0.2, 0) is 0 Å². The summed E-state index contributed by atoms with van der Waals surface area (Å²) in [5.41, 5.74) is 6.60. The van der Waals surface area contributed by atoms with Gasteiger partial charge in [-0.3, -0.25) is 0 Å². The second kappa shape index (κ2) is 3.74. The fourth-order valence-corrected chi connectivity index (χ4v) is 1.45. The van der Waals surface area contributed by atoms with E-state index in [1.54, 1.807) is 0 Å². The maximum absolute atomic E-state index is 5.48. The molecule has 0 unspecified atom stereocenters. The highest BCUT2D eigenvalue weighted by atomic mass is 79.9. The molecule has 0 aliphatic carbocycles.